The minimum Gasteiger partial charge on any atom is -0.347 e. The predicted molar refractivity (Wildman–Crippen MR) is 91.7 cm³/mol. The Morgan fingerprint density at radius 3 is 2.83 bits per heavy atom. The lowest BCUT2D eigenvalue weighted by Crippen LogP contribution is -2.45. The monoisotopic (exact) mass is 330 g/mol. The Morgan fingerprint density at radius 2 is 2.17 bits per heavy atom. The van der Waals surface area contributed by atoms with E-state index in [1.165, 1.54) is 4.88 Å². The third-order valence-corrected chi connectivity index (χ3v) is 5.03. The van der Waals surface area contributed by atoms with Crippen molar-refractivity contribution in [1.29, 1.82) is 0 Å². The molecule has 1 amide bonds. The van der Waals surface area contributed by atoms with Crippen molar-refractivity contribution < 1.29 is 4.79 Å². The second kappa shape index (κ2) is 7.21. The van der Waals surface area contributed by atoms with Gasteiger partial charge in [-0.15, -0.1) is 11.3 Å². The summed E-state index contributed by atoms with van der Waals surface area (Å²) in [6.07, 6.45) is 2.47. The maximum atomic E-state index is 12.6. The van der Waals surface area contributed by atoms with Crippen molar-refractivity contribution in [3.8, 4) is 0 Å². The first-order valence-corrected chi connectivity index (χ1v) is 8.79. The van der Waals surface area contributed by atoms with Crippen LogP contribution < -0.4 is 16.2 Å². The van der Waals surface area contributed by atoms with E-state index in [4.69, 9.17) is 0 Å². The molecule has 2 aromatic rings. The fraction of sp³-hybridized carbons (Fsp3) is 0.412. The van der Waals surface area contributed by atoms with Gasteiger partial charge in [-0.3, -0.25) is 9.78 Å². The molecule has 3 rings (SSSR count). The number of carbonyl (C=O) groups excluding carboxylic acids is 1. The molecule has 3 unspecified atom stereocenters. The standard InChI is InChI=1S/C17H22N4OS/c1-11(2)16(15-7-5-9-23-15)19-17(22)14-10-13(20-21-14)12-6-3-4-8-18-12/h3-9,11,13-14,16,20-21H,10H2,1-2H3,(H,19,22). The first-order valence-electron chi connectivity index (χ1n) is 7.91. The molecule has 3 heterocycles. The number of pyridine rings is 1. The van der Waals surface area contributed by atoms with Gasteiger partial charge >= 0.3 is 0 Å². The summed E-state index contributed by atoms with van der Waals surface area (Å²) in [6, 6.07) is 9.79. The SMILES string of the molecule is CC(C)C(NC(=O)C1CC(c2ccccn2)NN1)c1cccs1. The van der Waals surface area contributed by atoms with Crippen LogP contribution in [0.1, 0.15) is 42.9 Å². The number of nitrogens with zero attached hydrogens (tertiary/aromatic N) is 1. The van der Waals surface area contributed by atoms with Gasteiger partial charge in [-0.25, -0.2) is 10.9 Å². The number of hydrogen-bond acceptors (Lipinski definition) is 5. The molecule has 1 aliphatic rings. The molecular formula is C17H22N4OS. The molecule has 1 saturated heterocycles. The van der Waals surface area contributed by atoms with Crippen LogP contribution in [-0.2, 0) is 4.79 Å². The largest absolute Gasteiger partial charge is 0.347 e. The fourth-order valence-electron chi connectivity index (χ4n) is 2.79. The van der Waals surface area contributed by atoms with Crippen LogP contribution in [-0.4, -0.2) is 16.9 Å². The first kappa shape index (κ1) is 16.1. The van der Waals surface area contributed by atoms with Gasteiger partial charge in [-0.2, -0.15) is 0 Å². The lowest BCUT2D eigenvalue weighted by atomic mass is 10.0. The van der Waals surface area contributed by atoms with Gasteiger partial charge in [0.25, 0.3) is 0 Å². The molecule has 1 fully saturated rings. The van der Waals surface area contributed by atoms with E-state index < -0.39 is 0 Å². The third kappa shape index (κ3) is 3.77. The first-order chi connectivity index (χ1) is 11.1. The number of amides is 1. The van der Waals surface area contributed by atoms with Crippen molar-refractivity contribution in [2.45, 2.75) is 38.4 Å². The minimum atomic E-state index is -0.247. The van der Waals surface area contributed by atoms with Gasteiger partial charge in [0.15, 0.2) is 0 Å². The number of nitrogens with one attached hydrogen (secondary N) is 3. The molecule has 122 valence electrons. The summed E-state index contributed by atoms with van der Waals surface area (Å²) in [4.78, 5) is 18.1. The van der Waals surface area contributed by atoms with Crippen LogP contribution in [0.3, 0.4) is 0 Å². The van der Waals surface area contributed by atoms with E-state index in [1.54, 1.807) is 17.5 Å². The van der Waals surface area contributed by atoms with Crippen LogP contribution >= 0.6 is 11.3 Å². The summed E-state index contributed by atoms with van der Waals surface area (Å²) >= 11 is 1.68. The Bertz CT molecular complexity index is 629. The molecule has 23 heavy (non-hydrogen) atoms. The maximum Gasteiger partial charge on any atom is 0.239 e. The zero-order valence-corrected chi connectivity index (χ0v) is 14.1. The number of rotatable bonds is 5. The smallest absolute Gasteiger partial charge is 0.239 e. The average molecular weight is 330 g/mol. The van der Waals surface area contributed by atoms with Gasteiger partial charge in [-0.1, -0.05) is 26.0 Å². The van der Waals surface area contributed by atoms with E-state index in [1.807, 2.05) is 29.6 Å². The highest BCUT2D eigenvalue weighted by Crippen LogP contribution is 2.27. The second-order valence-corrected chi connectivity index (χ2v) is 7.11. The van der Waals surface area contributed by atoms with E-state index in [0.717, 1.165) is 5.69 Å². The summed E-state index contributed by atoms with van der Waals surface area (Å²) in [5.41, 5.74) is 7.22. The molecule has 3 atom stereocenters. The van der Waals surface area contributed by atoms with Gasteiger partial charge < -0.3 is 5.32 Å². The molecule has 2 aromatic heterocycles. The van der Waals surface area contributed by atoms with Gasteiger partial charge in [0.1, 0.15) is 6.04 Å². The Balaban J connectivity index is 1.63. The van der Waals surface area contributed by atoms with Crippen LogP contribution in [0.5, 0.6) is 0 Å². The Kier molecular flexibility index (Phi) is 5.05. The third-order valence-electron chi connectivity index (χ3n) is 4.08. The van der Waals surface area contributed by atoms with E-state index in [2.05, 4.69) is 41.1 Å². The number of carbonyl (C=O) groups is 1. The Labute approximate surface area is 140 Å². The van der Waals surface area contributed by atoms with Gasteiger partial charge in [0.2, 0.25) is 5.91 Å². The lowest BCUT2D eigenvalue weighted by molar-refractivity contribution is -0.124. The molecule has 0 bridgehead atoms. The summed E-state index contributed by atoms with van der Waals surface area (Å²) in [5, 5.41) is 5.23. The van der Waals surface area contributed by atoms with E-state index in [0.29, 0.717) is 12.3 Å². The molecule has 1 aliphatic heterocycles. The number of thiophene rings is 1. The molecular weight excluding hydrogens is 308 g/mol. The molecule has 0 radical (unpaired) electrons. The van der Waals surface area contributed by atoms with Crippen LogP contribution in [0.2, 0.25) is 0 Å². The van der Waals surface area contributed by atoms with Crippen molar-refractivity contribution in [1.82, 2.24) is 21.2 Å². The molecule has 0 aromatic carbocycles. The molecule has 0 saturated carbocycles. The van der Waals surface area contributed by atoms with Crippen molar-refractivity contribution in [3.05, 3.63) is 52.5 Å². The van der Waals surface area contributed by atoms with Crippen LogP contribution in [0.4, 0.5) is 0 Å². The molecule has 3 N–H and O–H groups in total. The highest BCUT2D eigenvalue weighted by atomic mass is 32.1. The van der Waals surface area contributed by atoms with Crippen LogP contribution in [0.15, 0.2) is 41.9 Å². The Hall–Kier alpha value is -1.76. The van der Waals surface area contributed by atoms with Gasteiger partial charge in [-0.05, 0) is 35.9 Å². The highest BCUT2D eigenvalue weighted by Gasteiger charge is 2.32. The Morgan fingerprint density at radius 1 is 1.30 bits per heavy atom. The van der Waals surface area contributed by atoms with E-state index in [-0.39, 0.29) is 24.0 Å². The van der Waals surface area contributed by atoms with E-state index >= 15 is 0 Å². The molecule has 0 aliphatic carbocycles. The quantitative estimate of drug-likeness (QED) is 0.788. The molecule has 6 heteroatoms. The van der Waals surface area contributed by atoms with Crippen molar-refractivity contribution in [2.24, 2.45) is 5.92 Å². The normalized spacial score (nSPS) is 22.2. The van der Waals surface area contributed by atoms with Crippen molar-refractivity contribution >= 4 is 17.2 Å². The number of hydrazine groups is 1. The zero-order chi connectivity index (χ0) is 16.2. The fourth-order valence-corrected chi connectivity index (χ4v) is 3.74. The summed E-state index contributed by atoms with van der Waals surface area (Å²) in [6.45, 7) is 4.25. The second-order valence-electron chi connectivity index (χ2n) is 6.13. The lowest BCUT2D eigenvalue weighted by Gasteiger charge is -2.23. The minimum absolute atomic E-state index is 0.0306. The van der Waals surface area contributed by atoms with E-state index in [9.17, 15) is 4.79 Å². The van der Waals surface area contributed by atoms with Crippen LogP contribution in [0.25, 0.3) is 0 Å². The summed E-state index contributed by atoms with van der Waals surface area (Å²) in [7, 11) is 0. The van der Waals surface area contributed by atoms with Crippen molar-refractivity contribution in [2.75, 3.05) is 0 Å². The van der Waals surface area contributed by atoms with Crippen molar-refractivity contribution in [3.63, 3.8) is 0 Å². The topological polar surface area (TPSA) is 66.0 Å². The average Bonchev–Trinajstić information content (AvgIpc) is 3.24. The van der Waals surface area contributed by atoms with Crippen LogP contribution in [0, 0.1) is 5.92 Å². The van der Waals surface area contributed by atoms with Gasteiger partial charge in [0, 0.05) is 11.1 Å². The summed E-state index contributed by atoms with van der Waals surface area (Å²) < 4.78 is 0. The molecule has 0 spiro atoms. The predicted octanol–water partition coefficient (Wildman–Crippen LogP) is 2.56. The maximum absolute atomic E-state index is 12.6. The summed E-state index contributed by atoms with van der Waals surface area (Å²) in [5.74, 6) is 0.376. The zero-order valence-electron chi connectivity index (χ0n) is 13.3. The number of aromatic nitrogens is 1. The van der Waals surface area contributed by atoms with Gasteiger partial charge in [0.05, 0.1) is 17.8 Å². The molecule has 5 nitrogen and oxygen atoms in total. The highest BCUT2D eigenvalue weighted by molar-refractivity contribution is 7.10. The number of hydrogen-bond donors (Lipinski definition) is 3.